The van der Waals surface area contributed by atoms with Crippen LogP contribution < -0.4 is 5.73 Å². The molecule has 1 aromatic heterocycles. The molecule has 2 rings (SSSR count). The number of carbonyl (C=O) groups excluding carboxylic acids is 1. The third-order valence-corrected chi connectivity index (χ3v) is 5.03. The first-order valence-corrected chi connectivity index (χ1v) is 8.19. The Hall–Kier alpha value is -1.64. The van der Waals surface area contributed by atoms with E-state index in [0.717, 1.165) is 8.78 Å². The molecule has 21 heavy (non-hydrogen) atoms. The fraction of sp³-hybridized carbons (Fsp3) is 0.154. The van der Waals surface area contributed by atoms with Gasteiger partial charge in [-0.2, -0.15) is 4.31 Å². The number of nitrogens with two attached hydrogens (primary N) is 1. The van der Waals surface area contributed by atoms with Crippen molar-refractivity contribution in [2.24, 2.45) is 5.73 Å². The van der Waals surface area contributed by atoms with E-state index in [1.807, 2.05) is 0 Å². The molecular weight excluding hydrogens is 360 g/mol. The highest BCUT2D eigenvalue weighted by atomic mass is 79.9. The van der Waals surface area contributed by atoms with E-state index >= 15 is 0 Å². The zero-order chi connectivity index (χ0) is 15.5. The Morgan fingerprint density at radius 2 is 1.90 bits per heavy atom. The van der Waals surface area contributed by atoms with Gasteiger partial charge in [0.15, 0.2) is 0 Å². The predicted octanol–water partition coefficient (Wildman–Crippen LogP) is 1.72. The summed E-state index contributed by atoms with van der Waals surface area (Å²) < 4.78 is 32.0. The molecule has 112 valence electrons. The number of benzene rings is 1. The molecule has 8 heteroatoms. The van der Waals surface area contributed by atoms with E-state index in [9.17, 15) is 13.2 Å². The molecule has 0 aliphatic rings. The topological polar surface area (TPSA) is 93.6 Å². The number of halogens is 1. The lowest BCUT2D eigenvalue weighted by Gasteiger charge is -2.19. The first-order chi connectivity index (χ1) is 9.89. The molecule has 1 amide bonds. The van der Waals surface area contributed by atoms with E-state index in [4.69, 9.17) is 10.2 Å². The highest BCUT2D eigenvalue weighted by Crippen LogP contribution is 2.20. The molecule has 1 heterocycles. The minimum absolute atomic E-state index is 0.0612. The Bertz CT molecular complexity index is 711. The van der Waals surface area contributed by atoms with Crippen molar-refractivity contribution in [3.8, 4) is 0 Å². The van der Waals surface area contributed by atoms with E-state index in [-0.39, 0.29) is 11.4 Å². The third kappa shape index (κ3) is 3.93. The largest absolute Gasteiger partial charge is 0.468 e. The van der Waals surface area contributed by atoms with Crippen molar-refractivity contribution in [3.63, 3.8) is 0 Å². The van der Waals surface area contributed by atoms with E-state index in [1.54, 1.807) is 24.3 Å². The monoisotopic (exact) mass is 372 g/mol. The SMILES string of the molecule is NC(=O)CN(Cc1ccco1)S(=O)(=O)c1ccc(Br)cc1. The summed E-state index contributed by atoms with van der Waals surface area (Å²) in [6.07, 6.45) is 1.43. The van der Waals surface area contributed by atoms with Crippen LogP contribution in [0.4, 0.5) is 0 Å². The number of nitrogens with zero attached hydrogens (tertiary/aromatic N) is 1. The number of primary amides is 1. The molecule has 0 aliphatic carbocycles. The molecule has 1 aromatic carbocycles. The zero-order valence-corrected chi connectivity index (χ0v) is 13.3. The molecule has 0 aliphatic heterocycles. The molecule has 0 radical (unpaired) electrons. The molecule has 2 aromatic rings. The minimum atomic E-state index is -3.84. The van der Waals surface area contributed by atoms with Crippen LogP contribution in [0, 0.1) is 0 Å². The summed E-state index contributed by atoms with van der Waals surface area (Å²) in [6.45, 7) is -0.479. The maximum atomic E-state index is 12.6. The Morgan fingerprint density at radius 1 is 1.24 bits per heavy atom. The summed E-state index contributed by atoms with van der Waals surface area (Å²) in [5.74, 6) is -0.306. The molecular formula is C13H13BrN2O4S. The lowest BCUT2D eigenvalue weighted by Crippen LogP contribution is -2.37. The number of rotatable bonds is 6. The molecule has 0 saturated carbocycles. The zero-order valence-electron chi connectivity index (χ0n) is 10.9. The lowest BCUT2D eigenvalue weighted by molar-refractivity contribution is -0.118. The van der Waals surface area contributed by atoms with Crippen molar-refractivity contribution < 1.29 is 17.6 Å². The van der Waals surface area contributed by atoms with Crippen LogP contribution in [-0.2, 0) is 21.4 Å². The van der Waals surface area contributed by atoms with Gasteiger partial charge in [0.1, 0.15) is 5.76 Å². The van der Waals surface area contributed by atoms with E-state index in [2.05, 4.69) is 15.9 Å². The summed E-state index contributed by atoms with van der Waals surface area (Å²) in [4.78, 5) is 11.2. The van der Waals surface area contributed by atoms with Gasteiger partial charge < -0.3 is 10.2 Å². The van der Waals surface area contributed by atoms with Crippen LogP contribution in [0.2, 0.25) is 0 Å². The minimum Gasteiger partial charge on any atom is -0.468 e. The first kappa shape index (κ1) is 15.7. The molecule has 6 nitrogen and oxygen atoms in total. The van der Waals surface area contributed by atoms with Crippen molar-refractivity contribution in [2.75, 3.05) is 6.54 Å². The van der Waals surface area contributed by atoms with Gasteiger partial charge in [-0.15, -0.1) is 0 Å². The van der Waals surface area contributed by atoms with Crippen molar-refractivity contribution >= 4 is 31.9 Å². The second-order valence-electron chi connectivity index (χ2n) is 4.27. The highest BCUT2D eigenvalue weighted by Gasteiger charge is 2.26. The van der Waals surface area contributed by atoms with Crippen LogP contribution in [0.25, 0.3) is 0 Å². The predicted molar refractivity (Wildman–Crippen MR) is 79.6 cm³/mol. The van der Waals surface area contributed by atoms with Gasteiger partial charge >= 0.3 is 0 Å². The molecule has 0 bridgehead atoms. The van der Waals surface area contributed by atoms with Crippen molar-refractivity contribution in [1.29, 1.82) is 0 Å². The summed E-state index contributed by atoms with van der Waals surface area (Å²) in [6, 6.07) is 9.41. The van der Waals surface area contributed by atoms with Gasteiger partial charge in [0.2, 0.25) is 15.9 Å². The third-order valence-electron chi connectivity index (χ3n) is 2.70. The molecule has 0 unspecified atom stereocenters. The number of furan rings is 1. The van der Waals surface area contributed by atoms with Crippen LogP contribution >= 0.6 is 15.9 Å². The molecule has 0 atom stereocenters. The lowest BCUT2D eigenvalue weighted by atomic mass is 10.4. The maximum absolute atomic E-state index is 12.6. The van der Waals surface area contributed by atoms with Gasteiger partial charge in [-0.05, 0) is 36.4 Å². The van der Waals surface area contributed by atoms with Crippen molar-refractivity contribution in [3.05, 3.63) is 52.9 Å². The summed E-state index contributed by atoms with van der Waals surface area (Å²) in [5.41, 5.74) is 5.14. The van der Waals surface area contributed by atoms with Gasteiger partial charge in [-0.3, -0.25) is 4.79 Å². The second-order valence-corrected chi connectivity index (χ2v) is 7.13. The highest BCUT2D eigenvalue weighted by molar-refractivity contribution is 9.10. The Labute approximate surface area is 130 Å². The first-order valence-electron chi connectivity index (χ1n) is 5.96. The number of amides is 1. The van der Waals surface area contributed by atoms with Gasteiger partial charge in [-0.1, -0.05) is 15.9 Å². The van der Waals surface area contributed by atoms with Crippen LogP contribution in [0.5, 0.6) is 0 Å². The van der Waals surface area contributed by atoms with Gasteiger partial charge in [0.05, 0.1) is 24.2 Å². The van der Waals surface area contributed by atoms with E-state index in [1.165, 1.54) is 18.4 Å². The molecule has 0 spiro atoms. The van der Waals surface area contributed by atoms with E-state index in [0.29, 0.717) is 5.76 Å². The van der Waals surface area contributed by atoms with Crippen molar-refractivity contribution in [1.82, 2.24) is 4.31 Å². The van der Waals surface area contributed by atoms with Crippen molar-refractivity contribution in [2.45, 2.75) is 11.4 Å². The fourth-order valence-electron chi connectivity index (χ4n) is 1.73. The Balaban J connectivity index is 2.34. The fourth-order valence-corrected chi connectivity index (χ4v) is 3.37. The molecule has 0 fully saturated rings. The number of sulfonamides is 1. The number of carbonyl (C=O) groups is 1. The second kappa shape index (κ2) is 6.42. The van der Waals surface area contributed by atoms with Gasteiger partial charge in [-0.25, -0.2) is 8.42 Å². The average Bonchev–Trinajstić information content (AvgIpc) is 2.91. The summed E-state index contributed by atoms with van der Waals surface area (Å²) >= 11 is 3.24. The Morgan fingerprint density at radius 3 is 2.43 bits per heavy atom. The van der Waals surface area contributed by atoms with Crippen LogP contribution in [0.3, 0.4) is 0 Å². The Kier molecular flexibility index (Phi) is 4.81. The standard InChI is InChI=1S/C13H13BrN2O4S/c14-10-3-5-12(6-4-10)21(18,19)16(9-13(15)17)8-11-2-1-7-20-11/h1-7H,8-9H2,(H2,15,17). The van der Waals surface area contributed by atoms with Crippen LogP contribution in [0.1, 0.15) is 5.76 Å². The normalized spacial score (nSPS) is 11.7. The van der Waals surface area contributed by atoms with Crippen LogP contribution in [-0.4, -0.2) is 25.2 Å². The van der Waals surface area contributed by atoms with Gasteiger partial charge in [0.25, 0.3) is 0 Å². The molecule has 0 saturated heterocycles. The van der Waals surface area contributed by atoms with Gasteiger partial charge in [0, 0.05) is 4.47 Å². The molecule has 2 N–H and O–H groups in total. The number of hydrogen-bond acceptors (Lipinski definition) is 4. The quantitative estimate of drug-likeness (QED) is 0.834. The van der Waals surface area contributed by atoms with Crippen LogP contribution in [0.15, 0.2) is 56.4 Å². The maximum Gasteiger partial charge on any atom is 0.243 e. The smallest absolute Gasteiger partial charge is 0.243 e. The number of hydrogen-bond donors (Lipinski definition) is 1. The summed E-state index contributed by atoms with van der Waals surface area (Å²) in [7, 11) is -3.84. The average molecular weight is 373 g/mol. The summed E-state index contributed by atoms with van der Waals surface area (Å²) in [5, 5.41) is 0. The van der Waals surface area contributed by atoms with E-state index < -0.39 is 22.5 Å².